The maximum Gasteiger partial charge on any atom is 0.129 e. The minimum absolute atomic E-state index is 0.304. The molecule has 4 heteroatoms. The smallest absolute Gasteiger partial charge is 0.129 e. The third-order valence-electron chi connectivity index (χ3n) is 3.59. The van der Waals surface area contributed by atoms with Crippen molar-refractivity contribution in [2.45, 2.75) is 43.5 Å². The van der Waals surface area contributed by atoms with Crippen LogP contribution in [-0.2, 0) is 6.54 Å². The van der Waals surface area contributed by atoms with Crippen LogP contribution in [0.3, 0.4) is 0 Å². The molecule has 0 aromatic heterocycles. The number of halogens is 1. The highest BCUT2D eigenvalue weighted by molar-refractivity contribution is 9.10. The van der Waals surface area contributed by atoms with Crippen LogP contribution in [-0.4, -0.2) is 22.7 Å². The summed E-state index contributed by atoms with van der Waals surface area (Å²) in [5.41, 5.74) is 1.21. The lowest BCUT2D eigenvalue weighted by atomic mass is 9.94. The second-order valence-electron chi connectivity index (χ2n) is 4.83. The van der Waals surface area contributed by atoms with Crippen LogP contribution in [0.25, 0.3) is 0 Å². The van der Waals surface area contributed by atoms with Crippen molar-refractivity contribution in [3.63, 3.8) is 0 Å². The maximum absolute atomic E-state index is 9.47. The van der Waals surface area contributed by atoms with E-state index in [-0.39, 0.29) is 0 Å². The van der Waals surface area contributed by atoms with Gasteiger partial charge in [0.15, 0.2) is 0 Å². The first kappa shape index (κ1) is 14.2. The Balaban J connectivity index is 1.91. The van der Waals surface area contributed by atoms with Crippen LogP contribution in [0.1, 0.15) is 31.2 Å². The molecule has 0 radical (unpaired) electrons. The van der Waals surface area contributed by atoms with Gasteiger partial charge >= 0.3 is 0 Å². The number of thioether (sulfide) groups is 1. The van der Waals surface area contributed by atoms with Crippen molar-refractivity contribution >= 4 is 27.7 Å². The number of aromatic hydroxyl groups is 1. The van der Waals surface area contributed by atoms with Gasteiger partial charge in [-0.05, 0) is 52.7 Å². The zero-order chi connectivity index (χ0) is 13.0. The van der Waals surface area contributed by atoms with Crippen molar-refractivity contribution in [2.75, 3.05) is 6.26 Å². The van der Waals surface area contributed by atoms with Gasteiger partial charge in [0, 0.05) is 17.8 Å². The monoisotopic (exact) mass is 329 g/mol. The Morgan fingerprint density at radius 3 is 2.89 bits per heavy atom. The van der Waals surface area contributed by atoms with Crippen LogP contribution in [0.4, 0.5) is 0 Å². The van der Waals surface area contributed by atoms with E-state index in [4.69, 9.17) is 0 Å². The second-order valence-corrected chi connectivity index (χ2v) is 6.76. The second kappa shape index (κ2) is 6.83. The van der Waals surface area contributed by atoms with Gasteiger partial charge in [-0.15, -0.1) is 0 Å². The predicted octanol–water partition coefficient (Wildman–Crippen LogP) is 3.92. The number of phenolic OH excluding ortho intramolecular Hbond substituents is 1. The molecule has 0 aliphatic heterocycles. The molecule has 0 heterocycles. The van der Waals surface area contributed by atoms with Crippen molar-refractivity contribution in [2.24, 2.45) is 0 Å². The third-order valence-corrected chi connectivity index (χ3v) is 5.39. The number of rotatable bonds is 4. The molecule has 1 aliphatic rings. The van der Waals surface area contributed by atoms with Gasteiger partial charge in [-0.1, -0.05) is 18.9 Å². The number of hydrogen-bond donors (Lipinski definition) is 2. The Morgan fingerprint density at radius 2 is 2.17 bits per heavy atom. The van der Waals surface area contributed by atoms with E-state index in [1.807, 2.05) is 23.9 Å². The predicted molar refractivity (Wildman–Crippen MR) is 82.2 cm³/mol. The zero-order valence-electron chi connectivity index (χ0n) is 10.7. The SMILES string of the molecule is CSC1CCCCC1NCc1ccc(O)c(Br)c1. The molecule has 0 bridgehead atoms. The molecular weight excluding hydrogens is 310 g/mol. The lowest BCUT2D eigenvalue weighted by molar-refractivity contribution is 0.383. The largest absolute Gasteiger partial charge is 0.507 e. The molecule has 2 unspecified atom stereocenters. The Kier molecular flexibility index (Phi) is 5.39. The molecule has 100 valence electrons. The first-order valence-electron chi connectivity index (χ1n) is 6.44. The zero-order valence-corrected chi connectivity index (χ0v) is 13.1. The molecule has 2 rings (SSSR count). The summed E-state index contributed by atoms with van der Waals surface area (Å²) in [5, 5.41) is 13.9. The van der Waals surface area contributed by atoms with Crippen LogP contribution in [0, 0.1) is 0 Å². The van der Waals surface area contributed by atoms with E-state index in [0.717, 1.165) is 16.3 Å². The Labute approximate surface area is 122 Å². The molecule has 2 N–H and O–H groups in total. The average Bonchev–Trinajstić information content (AvgIpc) is 2.40. The molecule has 18 heavy (non-hydrogen) atoms. The fourth-order valence-corrected chi connectivity index (χ4v) is 3.91. The number of benzene rings is 1. The quantitative estimate of drug-likeness (QED) is 0.878. The summed E-state index contributed by atoms with van der Waals surface area (Å²) in [6.07, 6.45) is 7.53. The average molecular weight is 330 g/mol. The molecule has 0 amide bonds. The van der Waals surface area contributed by atoms with Crippen molar-refractivity contribution in [3.8, 4) is 5.75 Å². The lowest BCUT2D eigenvalue weighted by Gasteiger charge is -2.31. The van der Waals surface area contributed by atoms with Gasteiger partial charge in [-0.2, -0.15) is 11.8 Å². The molecule has 0 saturated heterocycles. The summed E-state index contributed by atoms with van der Waals surface area (Å²) in [4.78, 5) is 0. The Morgan fingerprint density at radius 1 is 1.39 bits per heavy atom. The summed E-state index contributed by atoms with van der Waals surface area (Å²) in [7, 11) is 0. The summed E-state index contributed by atoms with van der Waals surface area (Å²) in [6.45, 7) is 0.876. The molecule has 1 aromatic rings. The Bertz CT molecular complexity index is 399. The molecule has 0 spiro atoms. The van der Waals surface area contributed by atoms with Crippen LogP contribution in [0.15, 0.2) is 22.7 Å². The first-order valence-corrected chi connectivity index (χ1v) is 8.52. The van der Waals surface area contributed by atoms with Gasteiger partial charge in [0.05, 0.1) is 4.47 Å². The molecule has 2 nitrogen and oxygen atoms in total. The van der Waals surface area contributed by atoms with Gasteiger partial charge in [0.2, 0.25) is 0 Å². The lowest BCUT2D eigenvalue weighted by Crippen LogP contribution is -2.39. The number of hydrogen-bond acceptors (Lipinski definition) is 3. The van der Waals surface area contributed by atoms with Crippen molar-refractivity contribution in [3.05, 3.63) is 28.2 Å². The van der Waals surface area contributed by atoms with Gasteiger partial charge in [0.25, 0.3) is 0 Å². The molecule has 1 saturated carbocycles. The summed E-state index contributed by atoms with van der Waals surface area (Å²) in [6, 6.07) is 6.33. The fourth-order valence-electron chi connectivity index (χ4n) is 2.52. The molecule has 1 aromatic carbocycles. The standard InChI is InChI=1S/C14H20BrNOS/c1-18-14-5-3-2-4-12(14)16-9-10-6-7-13(17)11(15)8-10/h6-8,12,14,16-17H,2-5,9H2,1H3. The summed E-state index contributed by atoms with van der Waals surface area (Å²) < 4.78 is 0.770. The van der Waals surface area contributed by atoms with Gasteiger partial charge in [0.1, 0.15) is 5.75 Å². The molecule has 2 atom stereocenters. The fraction of sp³-hybridized carbons (Fsp3) is 0.571. The highest BCUT2D eigenvalue weighted by Crippen LogP contribution is 2.28. The number of phenols is 1. The van der Waals surface area contributed by atoms with E-state index >= 15 is 0 Å². The maximum atomic E-state index is 9.47. The topological polar surface area (TPSA) is 32.3 Å². The van der Waals surface area contributed by atoms with E-state index in [9.17, 15) is 5.11 Å². The van der Waals surface area contributed by atoms with Gasteiger partial charge < -0.3 is 10.4 Å². The van der Waals surface area contributed by atoms with Crippen molar-refractivity contribution in [1.29, 1.82) is 0 Å². The van der Waals surface area contributed by atoms with Crippen molar-refractivity contribution in [1.82, 2.24) is 5.32 Å². The summed E-state index contributed by atoms with van der Waals surface area (Å²) >= 11 is 5.34. The van der Waals surface area contributed by atoms with Crippen LogP contribution in [0.2, 0.25) is 0 Å². The first-order chi connectivity index (χ1) is 8.70. The van der Waals surface area contributed by atoms with Gasteiger partial charge in [-0.25, -0.2) is 0 Å². The van der Waals surface area contributed by atoms with E-state index in [1.165, 1.54) is 31.2 Å². The van der Waals surface area contributed by atoms with E-state index < -0.39 is 0 Å². The Hall–Kier alpha value is -0.190. The van der Waals surface area contributed by atoms with Crippen molar-refractivity contribution < 1.29 is 5.11 Å². The molecule has 1 aliphatic carbocycles. The van der Waals surface area contributed by atoms with E-state index in [1.54, 1.807) is 6.07 Å². The van der Waals surface area contributed by atoms with E-state index in [2.05, 4.69) is 27.5 Å². The highest BCUT2D eigenvalue weighted by Gasteiger charge is 2.23. The number of nitrogens with one attached hydrogen (secondary N) is 1. The third kappa shape index (κ3) is 3.65. The van der Waals surface area contributed by atoms with Crippen LogP contribution in [0.5, 0.6) is 5.75 Å². The minimum atomic E-state index is 0.304. The van der Waals surface area contributed by atoms with Crippen LogP contribution < -0.4 is 5.32 Å². The molecule has 1 fully saturated rings. The molecular formula is C14H20BrNOS. The van der Waals surface area contributed by atoms with Crippen LogP contribution >= 0.6 is 27.7 Å². The highest BCUT2D eigenvalue weighted by atomic mass is 79.9. The van der Waals surface area contributed by atoms with Gasteiger partial charge in [-0.3, -0.25) is 0 Å². The van der Waals surface area contributed by atoms with E-state index in [0.29, 0.717) is 11.8 Å². The summed E-state index contributed by atoms with van der Waals surface area (Å²) in [5.74, 6) is 0.304. The minimum Gasteiger partial charge on any atom is -0.507 e. The normalized spacial score (nSPS) is 24.1.